The number of nitrogens with two attached hydrogens (primary N) is 2. The van der Waals surface area contributed by atoms with Crippen LogP contribution in [0.4, 0.5) is 11.4 Å². The monoisotopic (exact) mass is 704 g/mol. The lowest BCUT2D eigenvalue weighted by atomic mass is 10.0. The maximum absolute atomic E-state index is 12.5. The molecule has 49 heavy (non-hydrogen) atoms. The van der Waals surface area contributed by atoms with Crippen LogP contribution in [0, 0.1) is 13.8 Å². The molecule has 5 N–H and O–H groups in total. The third-order valence-electron chi connectivity index (χ3n) is 6.90. The number of carbonyl (C=O) groups is 2. The molecule has 0 bridgehead atoms. The second kappa shape index (κ2) is 19.7. The van der Waals surface area contributed by atoms with E-state index in [4.69, 9.17) is 30.4 Å². The normalized spacial score (nSPS) is 10.9. The average molecular weight is 705 g/mol. The van der Waals surface area contributed by atoms with Crippen LogP contribution in [0.1, 0.15) is 43.0 Å². The molecule has 0 fully saturated rings. The Labute approximate surface area is 294 Å². The highest BCUT2D eigenvalue weighted by atomic mass is 32.2. The van der Waals surface area contributed by atoms with Gasteiger partial charge in [-0.3, -0.25) is 0 Å². The summed E-state index contributed by atoms with van der Waals surface area (Å²) >= 11 is 3.13. The number of hydrogen-bond acceptors (Lipinski definition) is 11. The highest BCUT2D eigenvalue weighted by Crippen LogP contribution is 2.40. The van der Waals surface area contributed by atoms with Gasteiger partial charge in [0.25, 0.3) is 0 Å². The van der Waals surface area contributed by atoms with Crippen LogP contribution >= 0.6 is 23.5 Å². The van der Waals surface area contributed by atoms with E-state index in [0.29, 0.717) is 45.3 Å². The van der Waals surface area contributed by atoms with Crippen molar-refractivity contribution in [2.75, 3.05) is 28.1 Å². The Kier molecular flexibility index (Phi) is 15.5. The molecule has 0 aliphatic heterocycles. The fraction of sp³-hybridized carbons (Fsp3) is 0.222. The highest BCUT2D eigenvalue weighted by molar-refractivity contribution is 7.98. The molecule has 0 heterocycles. The minimum Gasteiger partial charge on any atom is -0.507 e. The number of aromatic hydroxyl groups is 1. The Morgan fingerprint density at radius 3 is 1.63 bits per heavy atom. The van der Waals surface area contributed by atoms with Crippen molar-refractivity contribution >= 4 is 59.5 Å². The molecule has 0 aromatic heterocycles. The lowest BCUT2D eigenvalue weighted by Crippen LogP contribution is -2.11. The summed E-state index contributed by atoms with van der Waals surface area (Å²) < 4.78 is 20.3. The number of benzene rings is 4. The van der Waals surface area contributed by atoms with Gasteiger partial charge in [-0.2, -0.15) is 0 Å². The zero-order valence-corrected chi connectivity index (χ0v) is 29.6. The van der Waals surface area contributed by atoms with Gasteiger partial charge >= 0.3 is 11.9 Å². The van der Waals surface area contributed by atoms with E-state index in [0.717, 1.165) is 20.9 Å². The van der Waals surface area contributed by atoms with Crippen LogP contribution in [-0.2, 0) is 25.7 Å². The van der Waals surface area contributed by atoms with Gasteiger partial charge < -0.3 is 35.5 Å². The Bertz CT molecular complexity index is 1770. The van der Waals surface area contributed by atoms with E-state index in [1.807, 2.05) is 67.6 Å². The number of nitrogens with zero attached hydrogens (tertiary/aromatic N) is 2. The SMILES string of the molecule is COC(=O)c1c(O)cc(C)c(N=CN)c1CSc1ccccc1.COCOc1cc(C)c(N=CN)c(CSc2ccccc2)c1C(=O)OC. The summed E-state index contributed by atoms with van der Waals surface area (Å²) in [7, 11) is 4.13. The van der Waals surface area contributed by atoms with E-state index in [2.05, 4.69) is 9.98 Å². The van der Waals surface area contributed by atoms with Crippen LogP contribution in [0.15, 0.2) is 92.6 Å². The maximum Gasteiger partial charge on any atom is 0.342 e. The third-order valence-corrected chi connectivity index (χ3v) is 8.97. The van der Waals surface area contributed by atoms with Crippen molar-refractivity contribution in [3.63, 3.8) is 0 Å². The van der Waals surface area contributed by atoms with Gasteiger partial charge in [0.05, 0.1) is 38.3 Å². The summed E-state index contributed by atoms with van der Waals surface area (Å²) in [6.45, 7) is 3.72. The summed E-state index contributed by atoms with van der Waals surface area (Å²) in [6.07, 6.45) is 2.40. The van der Waals surface area contributed by atoms with Gasteiger partial charge in [0.1, 0.15) is 22.6 Å². The van der Waals surface area contributed by atoms with Crippen LogP contribution in [-0.4, -0.2) is 57.8 Å². The Hall–Kier alpha value is -4.98. The summed E-state index contributed by atoms with van der Waals surface area (Å²) in [4.78, 5) is 35.1. The van der Waals surface area contributed by atoms with Crippen LogP contribution in [0.5, 0.6) is 11.5 Å². The first-order chi connectivity index (χ1) is 23.7. The topological polar surface area (TPSA) is 168 Å². The average Bonchev–Trinajstić information content (AvgIpc) is 3.11. The molecular formula is C36H40N4O7S2. The van der Waals surface area contributed by atoms with E-state index in [9.17, 15) is 14.7 Å². The summed E-state index contributed by atoms with van der Waals surface area (Å²) in [5, 5.41) is 10.2. The van der Waals surface area contributed by atoms with E-state index < -0.39 is 11.9 Å². The van der Waals surface area contributed by atoms with Crippen molar-refractivity contribution in [3.8, 4) is 11.5 Å². The molecule has 0 saturated carbocycles. The van der Waals surface area contributed by atoms with Crippen molar-refractivity contribution < 1.29 is 33.6 Å². The van der Waals surface area contributed by atoms with Crippen molar-refractivity contribution in [3.05, 3.63) is 106 Å². The fourth-order valence-corrected chi connectivity index (χ4v) is 6.61. The number of hydrogen-bond donors (Lipinski definition) is 3. The first-order valence-corrected chi connectivity index (χ1v) is 16.8. The lowest BCUT2D eigenvalue weighted by Gasteiger charge is -2.18. The first-order valence-electron chi connectivity index (χ1n) is 14.8. The second-order valence-corrected chi connectivity index (χ2v) is 12.2. The number of aliphatic imine (C=N–C) groups is 2. The number of aryl methyl sites for hydroxylation is 2. The minimum atomic E-state index is -0.598. The first kappa shape index (κ1) is 38.5. The van der Waals surface area contributed by atoms with Gasteiger partial charge in [-0.05, 0) is 61.4 Å². The number of ether oxygens (including phenoxy) is 4. The standard InChI is InChI=1S/C19H22N2O4S.C17H18N2O3S/c1-13-9-16(25-12-23-2)17(19(22)24-3)15(18(13)21-11-20)10-26-14-7-5-4-6-8-14;1-11-8-14(20)15(17(21)22-2)13(16(11)19-10-18)9-23-12-6-4-3-5-7-12/h4-9,11H,10,12H2,1-3H3,(H2,20,21);3-8,10,20H,9H2,1-2H3,(H2,18,19). The van der Waals surface area contributed by atoms with Gasteiger partial charge in [0.2, 0.25) is 0 Å². The smallest absolute Gasteiger partial charge is 0.342 e. The zero-order valence-electron chi connectivity index (χ0n) is 28.0. The number of phenolic OH excluding ortho intramolecular Hbond substituents is 1. The van der Waals surface area contributed by atoms with Crippen molar-refractivity contribution in [2.24, 2.45) is 21.5 Å². The molecule has 0 spiro atoms. The predicted octanol–water partition coefficient (Wildman–Crippen LogP) is 7.07. The molecule has 4 aromatic carbocycles. The van der Waals surface area contributed by atoms with Crippen LogP contribution in [0.2, 0.25) is 0 Å². The van der Waals surface area contributed by atoms with Crippen molar-refractivity contribution in [2.45, 2.75) is 35.1 Å². The second-order valence-electron chi connectivity index (χ2n) is 10.1. The third kappa shape index (κ3) is 10.5. The van der Waals surface area contributed by atoms with Gasteiger partial charge in [-0.25, -0.2) is 19.6 Å². The van der Waals surface area contributed by atoms with Crippen LogP contribution in [0.25, 0.3) is 0 Å². The summed E-state index contributed by atoms with van der Waals surface area (Å²) in [5.41, 5.74) is 15.5. The lowest BCUT2D eigenvalue weighted by molar-refractivity contribution is 0.0463. The Morgan fingerprint density at radius 2 is 1.18 bits per heavy atom. The molecule has 258 valence electrons. The molecular weight excluding hydrogens is 665 g/mol. The van der Waals surface area contributed by atoms with E-state index in [-0.39, 0.29) is 18.1 Å². The summed E-state index contributed by atoms with van der Waals surface area (Å²) in [6, 6.07) is 22.9. The number of phenols is 1. The number of rotatable bonds is 13. The molecule has 0 atom stereocenters. The van der Waals surface area contributed by atoms with Crippen LogP contribution < -0.4 is 16.2 Å². The predicted molar refractivity (Wildman–Crippen MR) is 196 cm³/mol. The molecule has 0 radical (unpaired) electrons. The van der Waals surface area contributed by atoms with Crippen molar-refractivity contribution in [1.82, 2.24) is 0 Å². The molecule has 0 aliphatic rings. The molecule has 0 amide bonds. The Balaban J connectivity index is 0.000000267. The van der Waals surface area contributed by atoms with Gasteiger partial charge in [0.15, 0.2) is 6.79 Å². The van der Waals surface area contributed by atoms with Gasteiger partial charge in [0, 0.05) is 39.5 Å². The number of methoxy groups -OCH3 is 3. The quantitative estimate of drug-likeness (QED) is 0.0428. The zero-order chi connectivity index (χ0) is 35.8. The number of carbonyl (C=O) groups excluding carboxylic acids is 2. The fourth-order valence-electron chi connectivity index (χ4n) is 4.72. The van der Waals surface area contributed by atoms with Crippen LogP contribution in [0.3, 0.4) is 0 Å². The molecule has 0 unspecified atom stereocenters. The molecule has 0 aliphatic carbocycles. The Morgan fingerprint density at radius 1 is 0.735 bits per heavy atom. The van der Waals surface area contributed by atoms with E-state index in [1.165, 1.54) is 51.8 Å². The highest BCUT2D eigenvalue weighted by Gasteiger charge is 2.24. The van der Waals surface area contributed by atoms with E-state index >= 15 is 0 Å². The minimum absolute atomic E-state index is 0.0220. The molecule has 13 heteroatoms. The largest absolute Gasteiger partial charge is 0.507 e. The maximum atomic E-state index is 12.5. The summed E-state index contributed by atoms with van der Waals surface area (Å²) in [5.74, 6) is 0.153. The molecule has 4 aromatic rings. The number of thioether (sulfide) groups is 2. The molecule has 11 nitrogen and oxygen atoms in total. The number of esters is 2. The van der Waals surface area contributed by atoms with E-state index in [1.54, 1.807) is 24.8 Å². The molecule has 0 saturated heterocycles. The molecule has 4 rings (SSSR count). The van der Waals surface area contributed by atoms with Gasteiger partial charge in [-0.1, -0.05) is 36.4 Å². The van der Waals surface area contributed by atoms with Gasteiger partial charge in [-0.15, -0.1) is 23.5 Å². The van der Waals surface area contributed by atoms with Crippen molar-refractivity contribution in [1.29, 1.82) is 0 Å².